The Morgan fingerprint density at radius 2 is 2.03 bits per heavy atom. The van der Waals surface area contributed by atoms with Crippen LogP contribution < -0.4 is 16.2 Å². The van der Waals surface area contributed by atoms with Gasteiger partial charge in [-0.25, -0.2) is 4.68 Å². The molecule has 3 fully saturated rings. The zero-order valence-electron chi connectivity index (χ0n) is 19.3. The van der Waals surface area contributed by atoms with E-state index in [4.69, 9.17) is 0 Å². The highest BCUT2D eigenvalue weighted by Crippen LogP contribution is 2.61. The van der Waals surface area contributed by atoms with Gasteiger partial charge in [0.15, 0.2) is 0 Å². The molecule has 0 aromatic carbocycles. The Balaban J connectivity index is 1.45. The maximum Gasteiger partial charge on any atom is 0.283 e. The molecule has 0 aliphatic heterocycles. The summed E-state index contributed by atoms with van der Waals surface area (Å²) in [7, 11) is 0. The molecule has 3 aliphatic rings. The Morgan fingerprint density at radius 3 is 2.69 bits per heavy atom. The summed E-state index contributed by atoms with van der Waals surface area (Å²) < 4.78 is 1.26. The molecule has 3 aliphatic carbocycles. The van der Waals surface area contributed by atoms with Gasteiger partial charge in [0.05, 0.1) is 16.8 Å². The monoisotopic (exact) mass is 455 g/mol. The van der Waals surface area contributed by atoms with Crippen molar-refractivity contribution in [2.24, 2.45) is 23.2 Å². The fourth-order valence-electron chi connectivity index (χ4n) is 5.40. The van der Waals surface area contributed by atoms with Gasteiger partial charge in [0.25, 0.3) is 5.56 Å². The standard InChI is InChI=1S/C24H33N5O2S/c1-5-32-22-20(28-19-11-17-10-18(15(19)2)24(17,3)4)13-27-29(23(22)31)14-21(30)26-12-16-6-8-25-9-7-16/h6-9,13,15,17-19,28H,5,10-12,14H2,1-4H3,(H,26,30)/t15-,17-,18+,19-/m1/s1. The second-order valence-corrected chi connectivity index (χ2v) is 10.9. The molecule has 2 aromatic rings. The molecule has 172 valence electrons. The van der Waals surface area contributed by atoms with Crippen LogP contribution in [0.2, 0.25) is 0 Å². The first-order chi connectivity index (χ1) is 15.3. The van der Waals surface area contributed by atoms with Crippen molar-refractivity contribution in [2.45, 2.75) is 64.6 Å². The average molecular weight is 456 g/mol. The van der Waals surface area contributed by atoms with Crippen molar-refractivity contribution in [1.29, 1.82) is 0 Å². The lowest BCUT2D eigenvalue weighted by atomic mass is 9.45. The van der Waals surface area contributed by atoms with E-state index < -0.39 is 0 Å². The number of thioether (sulfide) groups is 1. The van der Waals surface area contributed by atoms with Crippen LogP contribution in [0.1, 0.15) is 46.1 Å². The number of anilines is 1. The van der Waals surface area contributed by atoms with Gasteiger partial charge in [-0.1, -0.05) is 27.7 Å². The summed E-state index contributed by atoms with van der Waals surface area (Å²) in [5.41, 5.74) is 1.96. The lowest BCUT2D eigenvalue weighted by molar-refractivity contribution is -0.122. The van der Waals surface area contributed by atoms with E-state index in [0.29, 0.717) is 28.8 Å². The number of aromatic nitrogens is 3. The first-order valence-corrected chi connectivity index (χ1v) is 12.4. The zero-order chi connectivity index (χ0) is 22.9. The van der Waals surface area contributed by atoms with Crippen LogP contribution in [0.5, 0.6) is 0 Å². The van der Waals surface area contributed by atoms with Gasteiger partial charge in [-0.3, -0.25) is 14.6 Å². The third-order valence-electron chi connectivity index (χ3n) is 7.52. The summed E-state index contributed by atoms with van der Waals surface area (Å²) in [5, 5.41) is 10.8. The molecule has 2 aromatic heterocycles. The first kappa shape index (κ1) is 22.8. The van der Waals surface area contributed by atoms with E-state index >= 15 is 0 Å². The van der Waals surface area contributed by atoms with E-state index in [-0.39, 0.29) is 18.0 Å². The van der Waals surface area contributed by atoms with Crippen LogP contribution in [0, 0.1) is 23.2 Å². The van der Waals surface area contributed by atoms with Crippen LogP contribution in [-0.4, -0.2) is 32.5 Å². The number of fused-ring (bicyclic) bond motifs is 2. The van der Waals surface area contributed by atoms with E-state index in [0.717, 1.165) is 35.3 Å². The molecule has 2 bridgehead atoms. The average Bonchev–Trinajstić information content (AvgIpc) is 2.78. The maximum absolute atomic E-state index is 13.1. The minimum atomic E-state index is -0.243. The minimum Gasteiger partial charge on any atom is -0.380 e. The number of carbonyl (C=O) groups is 1. The maximum atomic E-state index is 13.1. The van der Waals surface area contributed by atoms with Crippen molar-refractivity contribution < 1.29 is 4.79 Å². The molecule has 7 nitrogen and oxygen atoms in total. The van der Waals surface area contributed by atoms with Crippen LogP contribution in [-0.2, 0) is 17.9 Å². The van der Waals surface area contributed by atoms with Crippen molar-refractivity contribution in [2.75, 3.05) is 11.1 Å². The number of amides is 1. The van der Waals surface area contributed by atoms with Crippen LogP contribution in [0.3, 0.4) is 0 Å². The highest BCUT2D eigenvalue weighted by Gasteiger charge is 2.56. The minimum absolute atomic E-state index is 0.0976. The van der Waals surface area contributed by atoms with E-state index in [1.807, 2.05) is 19.1 Å². The van der Waals surface area contributed by atoms with Gasteiger partial charge < -0.3 is 10.6 Å². The van der Waals surface area contributed by atoms with Gasteiger partial charge in [-0.15, -0.1) is 11.8 Å². The smallest absolute Gasteiger partial charge is 0.283 e. The van der Waals surface area contributed by atoms with E-state index in [1.54, 1.807) is 18.6 Å². The van der Waals surface area contributed by atoms with Crippen LogP contribution >= 0.6 is 11.8 Å². The van der Waals surface area contributed by atoms with Crippen LogP contribution in [0.25, 0.3) is 0 Å². The summed E-state index contributed by atoms with van der Waals surface area (Å²) in [5.74, 6) is 2.55. The number of hydrogen-bond donors (Lipinski definition) is 2. The van der Waals surface area contributed by atoms with Gasteiger partial charge in [0, 0.05) is 25.0 Å². The number of hydrogen-bond acceptors (Lipinski definition) is 6. The lowest BCUT2D eigenvalue weighted by Gasteiger charge is -2.62. The molecule has 5 rings (SSSR count). The summed E-state index contributed by atoms with van der Waals surface area (Å²) in [4.78, 5) is 30.2. The fraction of sp³-hybridized carbons (Fsp3) is 0.583. The van der Waals surface area contributed by atoms with E-state index in [2.05, 4.69) is 41.5 Å². The predicted octanol–water partition coefficient (Wildman–Crippen LogP) is 3.55. The van der Waals surface area contributed by atoms with Crippen LogP contribution in [0.4, 0.5) is 5.69 Å². The Bertz CT molecular complexity index is 1020. The van der Waals surface area contributed by atoms with E-state index in [1.165, 1.54) is 22.9 Å². The molecule has 0 spiro atoms. The molecule has 4 atom stereocenters. The molecule has 2 heterocycles. The normalized spacial score (nSPS) is 25.6. The molecule has 0 saturated heterocycles. The largest absolute Gasteiger partial charge is 0.380 e. The lowest BCUT2D eigenvalue weighted by Crippen LogP contribution is -2.58. The number of carbonyl (C=O) groups excluding carboxylic acids is 1. The Kier molecular flexibility index (Phi) is 6.60. The molecule has 0 unspecified atom stereocenters. The van der Waals surface area contributed by atoms with Crippen molar-refractivity contribution in [1.82, 2.24) is 20.1 Å². The topological polar surface area (TPSA) is 88.9 Å². The predicted molar refractivity (Wildman–Crippen MR) is 128 cm³/mol. The second kappa shape index (κ2) is 9.25. The SMILES string of the molecule is CCSc1c(N[C@@H]2C[C@H]3C[C@@H]([C@H]2C)C3(C)C)cnn(CC(=O)NCc2ccncc2)c1=O. The third kappa shape index (κ3) is 4.42. The van der Waals surface area contributed by atoms with Gasteiger partial charge >= 0.3 is 0 Å². The summed E-state index contributed by atoms with van der Waals surface area (Å²) >= 11 is 1.51. The Hall–Kier alpha value is -2.35. The Labute approximate surface area is 193 Å². The molecule has 8 heteroatoms. The summed E-state index contributed by atoms with van der Waals surface area (Å²) in [6, 6.07) is 4.04. The zero-order valence-corrected chi connectivity index (χ0v) is 20.1. The van der Waals surface area contributed by atoms with Gasteiger partial charge in [-0.2, -0.15) is 5.10 Å². The van der Waals surface area contributed by atoms with Gasteiger partial charge in [0.2, 0.25) is 5.91 Å². The third-order valence-corrected chi connectivity index (χ3v) is 8.49. The molecule has 2 N–H and O–H groups in total. The number of nitrogens with one attached hydrogen (secondary N) is 2. The first-order valence-electron chi connectivity index (χ1n) is 11.5. The van der Waals surface area contributed by atoms with E-state index in [9.17, 15) is 9.59 Å². The van der Waals surface area contributed by atoms with Gasteiger partial charge in [0.1, 0.15) is 6.54 Å². The Morgan fingerprint density at radius 1 is 1.28 bits per heavy atom. The fourth-order valence-corrected chi connectivity index (χ4v) is 6.19. The molecule has 1 amide bonds. The summed E-state index contributed by atoms with van der Waals surface area (Å²) in [6.07, 6.45) is 7.53. The highest BCUT2D eigenvalue weighted by atomic mass is 32.2. The number of rotatable bonds is 8. The highest BCUT2D eigenvalue weighted by molar-refractivity contribution is 7.99. The molecule has 0 radical (unpaired) electrons. The van der Waals surface area contributed by atoms with Gasteiger partial charge in [-0.05, 0) is 59.5 Å². The van der Waals surface area contributed by atoms with Crippen molar-refractivity contribution >= 4 is 23.4 Å². The van der Waals surface area contributed by atoms with Crippen LogP contribution in [0.15, 0.2) is 40.4 Å². The second-order valence-electron chi connectivity index (χ2n) is 9.62. The molecular weight excluding hydrogens is 422 g/mol. The quantitative estimate of drug-likeness (QED) is 0.592. The van der Waals surface area contributed by atoms with Crippen molar-refractivity contribution in [3.05, 3.63) is 46.6 Å². The molecule has 32 heavy (non-hydrogen) atoms. The molecule has 3 saturated carbocycles. The number of pyridine rings is 1. The van der Waals surface area contributed by atoms with Crippen molar-refractivity contribution in [3.8, 4) is 0 Å². The summed E-state index contributed by atoms with van der Waals surface area (Å²) in [6.45, 7) is 9.43. The molecular formula is C24H33N5O2S. The van der Waals surface area contributed by atoms with Crippen molar-refractivity contribution in [3.63, 3.8) is 0 Å². The number of nitrogens with zero attached hydrogens (tertiary/aromatic N) is 3.